The Hall–Kier alpha value is -2.61. The number of nitrogens with zero attached hydrogens (tertiary/aromatic N) is 3. The summed E-state index contributed by atoms with van der Waals surface area (Å²) < 4.78 is 2.28. The smallest absolute Gasteiger partial charge is 0.341 e. The topological polar surface area (TPSA) is 81.6 Å². The molecule has 3 atom stereocenters. The van der Waals surface area contributed by atoms with Crippen molar-refractivity contribution in [3.8, 4) is 11.3 Å². The zero-order chi connectivity index (χ0) is 24.9. The Labute approximate surface area is 218 Å². The van der Waals surface area contributed by atoms with Crippen molar-refractivity contribution >= 4 is 29.3 Å². The van der Waals surface area contributed by atoms with E-state index >= 15 is 0 Å². The molecule has 2 N–H and O–H groups in total. The van der Waals surface area contributed by atoms with Gasteiger partial charge in [0, 0.05) is 49.3 Å². The molecule has 2 aliphatic rings. The van der Waals surface area contributed by atoms with E-state index in [-0.39, 0.29) is 18.0 Å². The first-order valence-corrected chi connectivity index (χ1v) is 12.7. The third-order valence-electron chi connectivity index (χ3n) is 8.35. The average molecular weight is 513 g/mol. The molecule has 194 valence electrons. The second-order valence-electron chi connectivity index (χ2n) is 10.6. The predicted octanol–water partition coefficient (Wildman–Crippen LogP) is 4.38. The average Bonchev–Trinajstić information content (AvgIpc) is 3.38. The number of pyridine rings is 1. The van der Waals surface area contributed by atoms with Gasteiger partial charge in [-0.2, -0.15) is 0 Å². The van der Waals surface area contributed by atoms with E-state index in [1.807, 2.05) is 13.0 Å². The first kappa shape index (κ1) is 26.5. The van der Waals surface area contributed by atoms with Crippen molar-refractivity contribution in [1.82, 2.24) is 19.4 Å². The van der Waals surface area contributed by atoms with Gasteiger partial charge in [0.05, 0.1) is 5.69 Å². The quantitative estimate of drug-likeness (QED) is 0.512. The van der Waals surface area contributed by atoms with Gasteiger partial charge >= 0.3 is 5.97 Å². The van der Waals surface area contributed by atoms with E-state index in [1.54, 1.807) is 0 Å². The fraction of sp³-hybridized carbons (Fsp3) is 0.500. The number of benzene rings is 1. The lowest BCUT2D eigenvalue weighted by molar-refractivity contribution is 0.0695. The normalized spacial score (nSPS) is 22.1. The SMILES string of the molecule is CCc1cc(C(=O)O)c(=O)[nH]c1-c1ccc2c(c1)cc(CN1C[C@H]3CCC[C@@H](N(C)C)[C@H]3C1)n2C.Cl. The Bertz CT molecular complexity index is 1330. The van der Waals surface area contributed by atoms with Crippen LogP contribution in [-0.4, -0.2) is 63.7 Å². The zero-order valence-corrected chi connectivity index (χ0v) is 22.4. The Morgan fingerprint density at radius 1 is 1.17 bits per heavy atom. The molecule has 1 saturated carbocycles. The Balaban J connectivity index is 0.00000304. The molecule has 0 spiro atoms. The van der Waals surface area contributed by atoms with Crippen LogP contribution in [0.1, 0.15) is 47.8 Å². The molecule has 7 nitrogen and oxygen atoms in total. The number of hydrogen-bond acceptors (Lipinski definition) is 4. The van der Waals surface area contributed by atoms with E-state index in [4.69, 9.17) is 0 Å². The summed E-state index contributed by atoms with van der Waals surface area (Å²) in [5, 5.41) is 10.5. The number of aromatic nitrogens is 2. The van der Waals surface area contributed by atoms with Crippen molar-refractivity contribution in [1.29, 1.82) is 0 Å². The highest BCUT2D eigenvalue weighted by Crippen LogP contribution is 2.39. The molecular weight excluding hydrogens is 476 g/mol. The van der Waals surface area contributed by atoms with Gasteiger partial charge < -0.3 is 19.6 Å². The highest BCUT2D eigenvalue weighted by Gasteiger charge is 2.41. The number of halogens is 1. The van der Waals surface area contributed by atoms with Crippen molar-refractivity contribution in [3.05, 3.63) is 57.5 Å². The second-order valence-corrected chi connectivity index (χ2v) is 10.6. The molecular formula is C28H37ClN4O3. The number of hydrogen-bond donors (Lipinski definition) is 2. The van der Waals surface area contributed by atoms with Crippen LogP contribution in [0, 0.1) is 11.8 Å². The molecule has 1 aliphatic heterocycles. The van der Waals surface area contributed by atoms with Crippen molar-refractivity contribution < 1.29 is 9.90 Å². The number of aromatic amines is 1. The summed E-state index contributed by atoms with van der Waals surface area (Å²) >= 11 is 0. The third-order valence-corrected chi connectivity index (χ3v) is 8.35. The fourth-order valence-electron chi connectivity index (χ4n) is 6.51. The monoisotopic (exact) mass is 512 g/mol. The van der Waals surface area contributed by atoms with E-state index in [0.29, 0.717) is 18.2 Å². The van der Waals surface area contributed by atoms with E-state index in [9.17, 15) is 14.7 Å². The minimum atomic E-state index is -1.20. The third kappa shape index (κ3) is 4.72. The molecule has 2 fully saturated rings. The molecule has 1 aromatic carbocycles. The van der Waals surface area contributed by atoms with Gasteiger partial charge in [0.2, 0.25) is 0 Å². The predicted molar refractivity (Wildman–Crippen MR) is 146 cm³/mol. The highest BCUT2D eigenvalue weighted by molar-refractivity contribution is 5.89. The van der Waals surface area contributed by atoms with Gasteiger partial charge in [-0.1, -0.05) is 19.4 Å². The maximum Gasteiger partial charge on any atom is 0.341 e. The van der Waals surface area contributed by atoms with Gasteiger partial charge in [-0.3, -0.25) is 9.69 Å². The van der Waals surface area contributed by atoms with Gasteiger partial charge in [-0.05, 0) is 80.6 Å². The Morgan fingerprint density at radius 2 is 1.94 bits per heavy atom. The largest absolute Gasteiger partial charge is 0.477 e. The summed E-state index contributed by atoms with van der Waals surface area (Å²) in [6, 6.07) is 10.7. The van der Waals surface area contributed by atoms with E-state index in [1.165, 1.54) is 37.6 Å². The first-order chi connectivity index (χ1) is 16.8. The summed E-state index contributed by atoms with van der Waals surface area (Å²) in [5.41, 5.74) is 4.11. The number of nitrogens with one attached hydrogen (secondary N) is 1. The maximum absolute atomic E-state index is 12.4. The number of rotatable bonds is 6. The van der Waals surface area contributed by atoms with Crippen LogP contribution < -0.4 is 5.56 Å². The standard InChI is InChI=1S/C28H36N4O3.ClH/c1-5-17-13-22(28(34)35)27(33)29-26(17)18-9-10-24-20(11-18)12-21(31(24)4)15-32-14-19-7-6-8-25(30(2)3)23(19)16-32;/h9-13,19,23,25H,5-8,14-16H2,1-4H3,(H,29,33)(H,34,35);1H/t19-,23+,25-;/m1./s1. The molecule has 8 heteroatoms. The van der Waals surface area contributed by atoms with Crippen molar-refractivity contribution in [2.75, 3.05) is 27.2 Å². The molecule has 0 radical (unpaired) electrons. The minimum Gasteiger partial charge on any atom is -0.477 e. The van der Waals surface area contributed by atoms with Gasteiger partial charge in [0.1, 0.15) is 5.56 Å². The van der Waals surface area contributed by atoms with Crippen LogP contribution in [0.4, 0.5) is 0 Å². The summed E-state index contributed by atoms with van der Waals surface area (Å²) in [6.45, 7) is 5.25. The number of carboxylic acids is 1. The Morgan fingerprint density at radius 3 is 2.64 bits per heavy atom. The molecule has 1 aliphatic carbocycles. The molecule has 2 aromatic heterocycles. The van der Waals surface area contributed by atoms with Crippen LogP contribution in [-0.2, 0) is 20.0 Å². The summed E-state index contributed by atoms with van der Waals surface area (Å²) in [5.74, 6) is 0.364. The zero-order valence-electron chi connectivity index (χ0n) is 21.6. The minimum absolute atomic E-state index is 0. The molecule has 3 aromatic rings. The lowest BCUT2D eigenvalue weighted by Crippen LogP contribution is -2.41. The second kappa shape index (κ2) is 10.4. The molecule has 0 unspecified atom stereocenters. The lowest BCUT2D eigenvalue weighted by Gasteiger charge is -2.37. The Kier molecular flexibility index (Phi) is 7.64. The van der Waals surface area contributed by atoms with Crippen molar-refractivity contribution in [2.24, 2.45) is 18.9 Å². The van der Waals surface area contributed by atoms with Gasteiger partial charge in [-0.25, -0.2) is 4.79 Å². The first-order valence-electron chi connectivity index (χ1n) is 12.7. The van der Waals surface area contributed by atoms with Crippen molar-refractivity contribution in [3.63, 3.8) is 0 Å². The highest BCUT2D eigenvalue weighted by atomic mass is 35.5. The van der Waals surface area contributed by atoms with Gasteiger partial charge in [0.25, 0.3) is 5.56 Å². The number of likely N-dealkylation sites (tertiary alicyclic amines) is 1. The summed E-state index contributed by atoms with van der Waals surface area (Å²) in [4.78, 5) is 31.6. The van der Waals surface area contributed by atoms with Gasteiger partial charge in [0.15, 0.2) is 0 Å². The van der Waals surface area contributed by atoms with Crippen LogP contribution in [0.25, 0.3) is 22.2 Å². The molecule has 0 bridgehead atoms. The number of carbonyl (C=O) groups is 1. The molecule has 3 heterocycles. The van der Waals surface area contributed by atoms with Crippen LogP contribution in [0.15, 0.2) is 35.1 Å². The fourth-order valence-corrected chi connectivity index (χ4v) is 6.51. The molecule has 0 amide bonds. The van der Waals surface area contributed by atoms with Crippen LogP contribution >= 0.6 is 12.4 Å². The van der Waals surface area contributed by atoms with E-state index < -0.39 is 11.5 Å². The van der Waals surface area contributed by atoms with Crippen molar-refractivity contribution in [2.45, 2.75) is 45.2 Å². The molecule has 5 rings (SSSR count). The van der Waals surface area contributed by atoms with Crippen LogP contribution in [0.5, 0.6) is 0 Å². The molecule has 36 heavy (non-hydrogen) atoms. The number of carboxylic acid groups (broad SMARTS) is 1. The van der Waals surface area contributed by atoms with Gasteiger partial charge in [-0.15, -0.1) is 12.4 Å². The maximum atomic E-state index is 12.4. The number of aryl methyl sites for hydroxylation is 2. The van der Waals surface area contributed by atoms with Crippen LogP contribution in [0.2, 0.25) is 0 Å². The summed E-state index contributed by atoms with van der Waals surface area (Å²) in [7, 11) is 6.58. The van der Waals surface area contributed by atoms with Crippen LogP contribution in [0.3, 0.4) is 0 Å². The number of aromatic carboxylic acids is 1. The molecule has 1 saturated heterocycles. The number of H-pyrrole nitrogens is 1. The summed E-state index contributed by atoms with van der Waals surface area (Å²) in [6.07, 6.45) is 4.64. The number of fused-ring (bicyclic) bond motifs is 2. The lowest BCUT2D eigenvalue weighted by atomic mass is 9.77. The van der Waals surface area contributed by atoms with E-state index in [2.05, 4.69) is 58.7 Å². The van der Waals surface area contributed by atoms with E-state index in [0.717, 1.165) is 47.0 Å².